The first-order chi connectivity index (χ1) is 14.2. The number of sulfonamides is 1. The molecule has 0 aliphatic carbocycles. The normalized spacial score (nSPS) is 11.2. The predicted molar refractivity (Wildman–Crippen MR) is 121 cm³/mol. The molecule has 0 bridgehead atoms. The molecule has 30 heavy (non-hydrogen) atoms. The third kappa shape index (κ3) is 6.89. The van der Waals surface area contributed by atoms with Crippen molar-refractivity contribution >= 4 is 43.8 Å². The van der Waals surface area contributed by atoms with E-state index in [0.29, 0.717) is 33.8 Å². The smallest absolute Gasteiger partial charge is 0.260 e. The molecule has 0 atom stereocenters. The van der Waals surface area contributed by atoms with Crippen LogP contribution in [0.1, 0.15) is 5.56 Å². The molecule has 0 saturated heterocycles. The van der Waals surface area contributed by atoms with Gasteiger partial charge in [-0.3, -0.25) is 9.10 Å². The van der Waals surface area contributed by atoms with E-state index in [1.165, 1.54) is 13.3 Å². The maximum Gasteiger partial charge on any atom is 0.260 e. The minimum Gasteiger partial charge on any atom is -0.493 e. The van der Waals surface area contributed by atoms with Gasteiger partial charge in [0.25, 0.3) is 5.91 Å². The van der Waals surface area contributed by atoms with E-state index < -0.39 is 22.5 Å². The van der Waals surface area contributed by atoms with Crippen LogP contribution in [0, 0.1) is 0 Å². The number of nitrogens with zero attached hydrogens (tertiary/aromatic N) is 2. The summed E-state index contributed by atoms with van der Waals surface area (Å²) >= 11 is 3.29. The van der Waals surface area contributed by atoms with Gasteiger partial charge in [-0.05, 0) is 42.0 Å². The van der Waals surface area contributed by atoms with E-state index in [1.54, 1.807) is 48.5 Å². The Bertz CT molecular complexity index is 1040. The Morgan fingerprint density at radius 1 is 1.27 bits per heavy atom. The maximum atomic E-state index is 12.2. The Labute approximate surface area is 184 Å². The Balaban J connectivity index is 2.06. The van der Waals surface area contributed by atoms with Crippen LogP contribution < -0.4 is 19.2 Å². The number of ether oxygens (including phenoxy) is 2. The van der Waals surface area contributed by atoms with E-state index in [0.717, 1.165) is 10.6 Å². The number of amides is 1. The molecule has 0 spiro atoms. The average molecular weight is 496 g/mol. The fourth-order valence-corrected chi connectivity index (χ4v) is 3.64. The van der Waals surface area contributed by atoms with E-state index in [-0.39, 0.29) is 0 Å². The Morgan fingerprint density at radius 2 is 2.03 bits per heavy atom. The number of halogens is 1. The zero-order valence-corrected chi connectivity index (χ0v) is 18.9. The molecule has 1 N–H and O–H groups in total. The monoisotopic (exact) mass is 495 g/mol. The van der Waals surface area contributed by atoms with Crippen molar-refractivity contribution in [1.29, 1.82) is 0 Å². The number of nitrogens with one attached hydrogen (secondary N) is 1. The number of hydrogen-bond donors (Lipinski definition) is 1. The van der Waals surface area contributed by atoms with Gasteiger partial charge in [0.15, 0.2) is 11.5 Å². The van der Waals surface area contributed by atoms with Gasteiger partial charge < -0.3 is 9.47 Å². The molecule has 0 unspecified atom stereocenters. The Hall–Kier alpha value is -2.85. The number of rotatable bonds is 10. The minimum absolute atomic E-state index is 0.342. The lowest BCUT2D eigenvalue weighted by atomic mass is 10.2. The van der Waals surface area contributed by atoms with Crippen molar-refractivity contribution in [1.82, 2.24) is 5.43 Å². The summed E-state index contributed by atoms with van der Waals surface area (Å²) in [6, 6.07) is 11.8. The van der Waals surface area contributed by atoms with E-state index in [1.807, 2.05) is 0 Å². The number of methoxy groups -OCH3 is 1. The SMILES string of the molecule is C=CCOc1ccc(/C=N\NC(=O)CN(c2cccc(Br)c2)S(C)(=O)=O)cc1OC. The predicted octanol–water partition coefficient (Wildman–Crippen LogP) is 2.94. The van der Waals surface area contributed by atoms with E-state index in [2.05, 4.69) is 33.0 Å². The second-order valence-corrected chi connectivity index (χ2v) is 8.88. The summed E-state index contributed by atoms with van der Waals surface area (Å²) in [5.41, 5.74) is 3.36. The van der Waals surface area contributed by atoms with Crippen LogP contribution in [0.2, 0.25) is 0 Å². The van der Waals surface area contributed by atoms with E-state index >= 15 is 0 Å². The van der Waals surface area contributed by atoms with Crippen molar-refractivity contribution in [3.63, 3.8) is 0 Å². The number of carbonyl (C=O) groups excluding carboxylic acids is 1. The van der Waals surface area contributed by atoms with Gasteiger partial charge in [-0.2, -0.15) is 5.10 Å². The molecule has 160 valence electrons. The highest BCUT2D eigenvalue weighted by atomic mass is 79.9. The van der Waals surface area contributed by atoms with E-state index in [4.69, 9.17) is 9.47 Å². The lowest BCUT2D eigenvalue weighted by molar-refractivity contribution is -0.119. The average Bonchev–Trinajstić information content (AvgIpc) is 2.70. The molecule has 0 aromatic heterocycles. The molecule has 1 amide bonds. The fraction of sp³-hybridized carbons (Fsp3) is 0.200. The van der Waals surface area contributed by atoms with Crippen molar-refractivity contribution < 1.29 is 22.7 Å². The molecule has 0 fully saturated rings. The van der Waals surface area contributed by atoms with Gasteiger partial charge >= 0.3 is 0 Å². The summed E-state index contributed by atoms with van der Waals surface area (Å²) in [6.07, 6.45) is 4.08. The highest BCUT2D eigenvalue weighted by Crippen LogP contribution is 2.27. The van der Waals surface area contributed by atoms with Crippen LogP contribution in [-0.4, -0.2) is 47.1 Å². The lowest BCUT2D eigenvalue weighted by Gasteiger charge is -2.21. The molecule has 0 aliphatic rings. The second-order valence-electron chi connectivity index (χ2n) is 6.05. The molecular formula is C20H22BrN3O5S. The molecule has 0 aliphatic heterocycles. The Kier molecular flexibility index (Phi) is 8.43. The van der Waals surface area contributed by atoms with Gasteiger partial charge in [-0.15, -0.1) is 0 Å². The number of carbonyl (C=O) groups is 1. The first kappa shape index (κ1) is 23.4. The summed E-state index contributed by atoms with van der Waals surface area (Å²) in [6.45, 7) is 3.52. The minimum atomic E-state index is -3.67. The molecule has 0 radical (unpaired) electrons. The van der Waals surface area contributed by atoms with Crippen LogP contribution >= 0.6 is 15.9 Å². The molecule has 2 rings (SSSR count). The molecule has 0 saturated carbocycles. The van der Waals surface area contributed by atoms with Gasteiger partial charge in [-0.25, -0.2) is 13.8 Å². The van der Waals surface area contributed by atoms with Crippen LogP contribution in [0.15, 0.2) is 64.7 Å². The first-order valence-electron chi connectivity index (χ1n) is 8.71. The van der Waals surface area contributed by atoms with Gasteiger partial charge in [0.05, 0.1) is 25.3 Å². The molecule has 10 heteroatoms. The fourth-order valence-electron chi connectivity index (χ4n) is 2.41. The molecule has 8 nitrogen and oxygen atoms in total. The van der Waals surface area contributed by atoms with Gasteiger partial charge in [0.2, 0.25) is 10.0 Å². The Morgan fingerprint density at radius 3 is 2.67 bits per heavy atom. The van der Waals surface area contributed by atoms with Gasteiger partial charge in [0.1, 0.15) is 13.2 Å². The number of anilines is 1. The van der Waals surface area contributed by atoms with Crippen molar-refractivity contribution in [2.75, 3.05) is 30.8 Å². The number of benzene rings is 2. The zero-order valence-electron chi connectivity index (χ0n) is 16.5. The van der Waals surface area contributed by atoms with Crippen LogP contribution in [0.25, 0.3) is 0 Å². The molecule has 0 heterocycles. The zero-order chi connectivity index (χ0) is 22.1. The molecule has 2 aromatic carbocycles. The summed E-state index contributed by atoms with van der Waals surface area (Å²) in [7, 11) is -2.15. The van der Waals surface area contributed by atoms with Crippen LogP contribution in [0.3, 0.4) is 0 Å². The van der Waals surface area contributed by atoms with Gasteiger partial charge in [0, 0.05) is 4.47 Å². The molecular weight excluding hydrogens is 474 g/mol. The lowest BCUT2D eigenvalue weighted by Crippen LogP contribution is -2.39. The summed E-state index contributed by atoms with van der Waals surface area (Å²) in [5, 5.41) is 3.89. The van der Waals surface area contributed by atoms with Crippen molar-refractivity contribution in [2.24, 2.45) is 5.10 Å². The van der Waals surface area contributed by atoms with Crippen molar-refractivity contribution in [3.8, 4) is 11.5 Å². The molecule has 2 aromatic rings. The summed E-state index contributed by atoms with van der Waals surface area (Å²) in [4.78, 5) is 12.2. The standard InChI is InChI=1S/C20H22BrN3O5S/c1-4-10-29-18-9-8-15(11-19(18)28-2)13-22-23-20(25)14-24(30(3,26)27)17-7-5-6-16(21)12-17/h4-9,11-13H,1,10,14H2,2-3H3,(H,23,25)/b22-13-. The largest absolute Gasteiger partial charge is 0.493 e. The third-order valence-corrected chi connectivity index (χ3v) is 5.36. The summed E-state index contributed by atoms with van der Waals surface area (Å²) < 4.78 is 36.7. The van der Waals surface area contributed by atoms with Crippen LogP contribution in [0.5, 0.6) is 11.5 Å². The highest BCUT2D eigenvalue weighted by Gasteiger charge is 2.20. The first-order valence-corrected chi connectivity index (χ1v) is 11.4. The second kappa shape index (κ2) is 10.8. The quantitative estimate of drug-likeness (QED) is 0.310. The van der Waals surface area contributed by atoms with Crippen LogP contribution in [-0.2, 0) is 14.8 Å². The van der Waals surface area contributed by atoms with Crippen LogP contribution in [0.4, 0.5) is 5.69 Å². The summed E-state index contributed by atoms with van der Waals surface area (Å²) in [5.74, 6) is 0.469. The van der Waals surface area contributed by atoms with Crippen molar-refractivity contribution in [2.45, 2.75) is 0 Å². The topological polar surface area (TPSA) is 97.3 Å². The van der Waals surface area contributed by atoms with Gasteiger partial charge in [-0.1, -0.05) is 34.7 Å². The highest BCUT2D eigenvalue weighted by molar-refractivity contribution is 9.10. The maximum absolute atomic E-state index is 12.2. The third-order valence-electron chi connectivity index (χ3n) is 3.73. The number of hydrazone groups is 1. The van der Waals surface area contributed by atoms with E-state index in [9.17, 15) is 13.2 Å². The number of hydrogen-bond acceptors (Lipinski definition) is 6. The van der Waals surface area contributed by atoms with Crippen molar-refractivity contribution in [3.05, 3.63) is 65.2 Å².